The van der Waals surface area contributed by atoms with Gasteiger partial charge in [0.05, 0.1) is 5.02 Å². The van der Waals surface area contributed by atoms with Crippen LogP contribution in [0.3, 0.4) is 0 Å². The van der Waals surface area contributed by atoms with E-state index in [1.807, 2.05) is 48.5 Å². The van der Waals surface area contributed by atoms with Crippen molar-refractivity contribution < 1.29 is 9.15 Å². The minimum absolute atomic E-state index is 0.200. The Balaban J connectivity index is 1.75. The summed E-state index contributed by atoms with van der Waals surface area (Å²) in [5.41, 5.74) is 2.15. The van der Waals surface area contributed by atoms with Crippen LogP contribution in [-0.4, -0.2) is 10.2 Å². The Hall–Kier alpha value is -2.33. The van der Waals surface area contributed by atoms with Gasteiger partial charge in [-0.25, -0.2) is 0 Å². The third kappa shape index (κ3) is 3.23. The molecule has 0 saturated heterocycles. The summed E-state index contributed by atoms with van der Waals surface area (Å²) in [6.07, 6.45) is 0. The highest BCUT2D eigenvalue weighted by Crippen LogP contribution is 2.30. The second kappa shape index (κ2) is 5.97. The van der Waals surface area contributed by atoms with Crippen LogP contribution < -0.4 is 4.74 Å². The van der Waals surface area contributed by atoms with Crippen LogP contribution in [0.2, 0.25) is 5.02 Å². The quantitative estimate of drug-likeness (QED) is 0.721. The average Bonchev–Trinajstić information content (AvgIpc) is 2.92. The number of ether oxygens (including phenoxy) is 1. The number of halogens is 1. The van der Waals surface area contributed by atoms with E-state index in [0.717, 1.165) is 11.1 Å². The van der Waals surface area contributed by atoms with Gasteiger partial charge in [0.15, 0.2) is 6.61 Å². The van der Waals surface area contributed by atoms with Gasteiger partial charge in [-0.05, 0) is 23.3 Å². The topological polar surface area (TPSA) is 48.2 Å². The van der Waals surface area contributed by atoms with Crippen molar-refractivity contribution in [3.63, 3.8) is 0 Å². The second-order valence-electron chi connectivity index (χ2n) is 4.51. The zero-order chi connectivity index (χ0) is 14.7. The third-order valence-corrected chi connectivity index (χ3v) is 3.25. The minimum atomic E-state index is 0.200. The van der Waals surface area contributed by atoms with Crippen LogP contribution in [0, 0.1) is 6.92 Å². The maximum absolute atomic E-state index is 6.26. The standard InChI is InChI=1S/C16H13ClN2O2/c1-11-18-19-16(21-11)10-20-15-8-7-13(9-14(15)17)12-5-3-2-4-6-12/h2-9H,10H2,1H3. The molecule has 1 heterocycles. The Morgan fingerprint density at radius 2 is 1.86 bits per heavy atom. The predicted molar refractivity (Wildman–Crippen MR) is 80.3 cm³/mol. The summed E-state index contributed by atoms with van der Waals surface area (Å²) in [6, 6.07) is 15.7. The van der Waals surface area contributed by atoms with E-state index >= 15 is 0 Å². The smallest absolute Gasteiger partial charge is 0.253 e. The van der Waals surface area contributed by atoms with E-state index in [2.05, 4.69) is 10.2 Å². The van der Waals surface area contributed by atoms with Crippen LogP contribution in [0.1, 0.15) is 11.8 Å². The van der Waals surface area contributed by atoms with Crippen LogP contribution in [0.15, 0.2) is 52.9 Å². The summed E-state index contributed by atoms with van der Waals surface area (Å²) >= 11 is 6.26. The highest BCUT2D eigenvalue weighted by molar-refractivity contribution is 6.32. The van der Waals surface area contributed by atoms with Crippen molar-refractivity contribution in [3.8, 4) is 16.9 Å². The van der Waals surface area contributed by atoms with Crippen LogP contribution in [0.25, 0.3) is 11.1 Å². The van der Waals surface area contributed by atoms with Crippen molar-refractivity contribution >= 4 is 11.6 Å². The fourth-order valence-electron chi connectivity index (χ4n) is 1.96. The minimum Gasteiger partial charge on any atom is -0.482 e. The van der Waals surface area contributed by atoms with Gasteiger partial charge in [-0.15, -0.1) is 10.2 Å². The SMILES string of the molecule is Cc1nnc(COc2ccc(-c3ccccc3)cc2Cl)o1. The molecule has 2 aromatic carbocycles. The summed E-state index contributed by atoms with van der Waals surface area (Å²) in [6.45, 7) is 1.93. The first-order valence-corrected chi connectivity index (χ1v) is 6.87. The summed E-state index contributed by atoms with van der Waals surface area (Å²) in [5, 5.41) is 8.17. The maximum Gasteiger partial charge on any atom is 0.253 e. The van der Waals surface area contributed by atoms with Gasteiger partial charge in [-0.1, -0.05) is 48.0 Å². The van der Waals surface area contributed by atoms with Gasteiger partial charge in [0.1, 0.15) is 5.75 Å². The molecule has 0 radical (unpaired) electrons. The first-order valence-electron chi connectivity index (χ1n) is 6.49. The van der Waals surface area contributed by atoms with Crippen molar-refractivity contribution in [3.05, 3.63) is 65.3 Å². The molecule has 0 atom stereocenters. The van der Waals surface area contributed by atoms with Crippen molar-refractivity contribution in [2.24, 2.45) is 0 Å². The van der Waals surface area contributed by atoms with E-state index < -0.39 is 0 Å². The van der Waals surface area contributed by atoms with Gasteiger partial charge >= 0.3 is 0 Å². The molecule has 0 aliphatic rings. The normalized spacial score (nSPS) is 10.6. The van der Waals surface area contributed by atoms with E-state index in [1.54, 1.807) is 6.92 Å². The lowest BCUT2D eigenvalue weighted by Crippen LogP contribution is -1.96. The van der Waals surface area contributed by atoms with Crippen molar-refractivity contribution in [1.29, 1.82) is 0 Å². The van der Waals surface area contributed by atoms with E-state index in [-0.39, 0.29) is 6.61 Å². The number of rotatable bonds is 4. The van der Waals surface area contributed by atoms with Gasteiger partial charge in [0.25, 0.3) is 5.89 Å². The maximum atomic E-state index is 6.26. The van der Waals surface area contributed by atoms with Gasteiger partial charge in [-0.3, -0.25) is 0 Å². The molecule has 1 aromatic heterocycles. The number of hydrogen-bond donors (Lipinski definition) is 0. The molecular weight excluding hydrogens is 288 g/mol. The molecule has 21 heavy (non-hydrogen) atoms. The van der Waals surface area contributed by atoms with Gasteiger partial charge in [0.2, 0.25) is 5.89 Å². The molecule has 0 saturated carbocycles. The average molecular weight is 301 g/mol. The van der Waals surface area contributed by atoms with Gasteiger partial charge < -0.3 is 9.15 Å². The van der Waals surface area contributed by atoms with Crippen LogP contribution >= 0.6 is 11.6 Å². The zero-order valence-corrected chi connectivity index (χ0v) is 12.2. The molecule has 0 unspecified atom stereocenters. The molecule has 0 amide bonds. The lowest BCUT2D eigenvalue weighted by molar-refractivity contribution is 0.260. The van der Waals surface area contributed by atoms with E-state index in [9.17, 15) is 0 Å². The Morgan fingerprint density at radius 1 is 1.05 bits per heavy atom. The molecule has 0 fully saturated rings. The Labute approximate surface area is 127 Å². The number of benzene rings is 2. The summed E-state index contributed by atoms with van der Waals surface area (Å²) in [5.74, 6) is 1.53. The third-order valence-electron chi connectivity index (χ3n) is 2.96. The molecule has 0 N–H and O–H groups in total. The fourth-order valence-corrected chi connectivity index (χ4v) is 2.20. The fraction of sp³-hybridized carbons (Fsp3) is 0.125. The Morgan fingerprint density at radius 3 is 2.52 bits per heavy atom. The predicted octanol–water partition coefficient (Wildman–Crippen LogP) is 4.28. The molecule has 4 nitrogen and oxygen atoms in total. The largest absolute Gasteiger partial charge is 0.482 e. The molecule has 0 bridgehead atoms. The van der Waals surface area contributed by atoms with Crippen LogP contribution in [0.4, 0.5) is 0 Å². The Kier molecular flexibility index (Phi) is 3.88. The molecule has 0 spiro atoms. The first kappa shape index (κ1) is 13.6. The summed E-state index contributed by atoms with van der Waals surface area (Å²) < 4.78 is 10.8. The lowest BCUT2D eigenvalue weighted by atomic mass is 10.1. The number of aryl methyl sites for hydroxylation is 1. The lowest BCUT2D eigenvalue weighted by Gasteiger charge is -2.08. The van der Waals surface area contributed by atoms with Crippen molar-refractivity contribution in [2.45, 2.75) is 13.5 Å². The van der Waals surface area contributed by atoms with Crippen LogP contribution in [-0.2, 0) is 6.61 Å². The highest BCUT2D eigenvalue weighted by Gasteiger charge is 2.07. The molecule has 3 rings (SSSR count). The van der Waals surface area contributed by atoms with Crippen molar-refractivity contribution in [2.75, 3.05) is 0 Å². The molecule has 3 aromatic rings. The van der Waals surface area contributed by atoms with Gasteiger partial charge in [0, 0.05) is 6.92 Å². The molecule has 106 valence electrons. The summed E-state index contributed by atoms with van der Waals surface area (Å²) in [4.78, 5) is 0. The first-order chi connectivity index (χ1) is 10.2. The van der Waals surface area contributed by atoms with Crippen LogP contribution in [0.5, 0.6) is 5.75 Å². The van der Waals surface area contributed by atoms with Gasteiger partial charge in [-0.2, -0.15) is 0 Å². The number of hydrogen-bond acceptors (Lipinski definition) is 4. The highest BCUT2D eigenvalue weighted by atomic mass is 35.5. The molecule has 5 heteroatoms. The van der Waals surface area contributed by atoms with E-state index in [0.29, 0.717) is 22.6 Å². The Bertz CT molecular complexity index is 741. The zero-order valence-electron chi connectivity index (χ0n) is 11.4. The number of nitrogens with zero attached hydrogens (tertiary/aromatic N) is 2. The van der Waals surface area contributed by atoms with E-state index in [4.69, 9.17) is 20.8 Å². The summed E-state index contributed by atoms with van der Waals surface area (Å²) in [7, 11) is 0. The number of aromatic nitrogens is 2. The monoisotopic (exact) mass is 300 g/mol. The van der Waals surface area contributed by atoms with E-state index in [1.165, 1.54) is 0 Å². The molecular formula is C16H13ClN2O2. The molecule has 0 aliphatic heterocycles. The second-order valence-corrected chi connectivity index (χ2v) is 4.92. The van der Waals surface area contributed by atoms with Crippen molar-refractivity contribution in [1.82, 2.24) is 10.2 Å². The molecule has 0 aliphatic carbocycles.